The topological polar surface area (TPSA) is 74.8 Å². The van der Waals surface area contributed by atoms with Crippen molar-refractivity contribution in [2.75, 3.05) is 13.6 Å². The number of nitrogens with zero attached hydrogens (tertiary/aromatic N) is 1. The average Bonchev–Trinajstić information content (AvgIpc) is 2.75. The number of rotatable bonds is 9. The van der Waals surface area contributed by atoms with Crippen molar-refractivity contribution in [2.24, 2.45) is 4.99 Å². The van der Waals surface area contributed by atoms with Crippen LogP contribution < -0.4 is 20.7 Å². The normalized spacial score (nSPS) is 13.3. The maximum atomic E-state index is 13.0. The average molecular weight is 415 g/mol. The van der Waals surface area contributed by atoms with E-state index in [9.17, 15) is 9.18 Å². The number of hydrogen-bond acceptors (Lipinski definition) is 3. The van der Waals surface area contributed by atoms with Gasteiger partial charge < -0.3 is 20.7 Å². The first kappa shape index (κ1) is 23.2. The fraction of sp³-hybridized carbons (Fsp3) is 0.391. The first-order valence-corrected chi connectivity index (χ1v) is 10.2. The first-order chi connectivity index (χ1) is 14.4. The van der Waals surface area contributed by atoms with Gasteiger partial charge in [-0.3, -0.25) is 9.79 Å². The zero-order valence-corrected chi connectivity index (χ0v) is 18.0. The third-order valence-corrected chi connectivity index (χ3v) is 4.60. The molecule has 2 rings (SSSR count). The number of hydrogen-bond donors (Lipinski definition) is 3. The van der Waals surface area contributed by atoms with Gasteiger partial charge in [-0.1, -0.05) is 19.1 Å². The molecule has 0 saturated carbocycles. The highest BCUT2D eigenvalue weighted by molar-refractivity contribution is 5.94. The predicted molar refractivity (Wildman–Crippen MR) is 118 cm³/mol. The van der Waals surface area contributed by atoms with Crippen molar-refractivity contribution in [2.45, 2.75) is 45.9 Å². The van der Waals surface area contributed by atoms with Crippen LogP contribution in [0.4, 0.5) is 4.39 Å². The SMILES string of the molecule is CCC(C)NC(=O)c1ccc(CNC(=NC)NCC(C)Oc2ccc(F)cc2)cc1. The van der Waals surface area contributed by atoms with E-state index in [1.54, 1.807) is 19.2 Å². The molecule has 0 saturated heterocycles. The zero-order chi connectivity index (χ0) is 21.9. The minimum atomic E-state index is -0.290. The quantitative estimate of drug-likeness (QED) is 0.434. The predicted octanol–water partition coefficient (Wildman–Crippen LogP) is 3.49. The van der Waals surface area contributed by atoms with Gasteiger partial charge in [-0.05, 0) is 62.2 Å². The maximum Gasteiger partial charge on any atom is 0.251 e. The summed E-state index contributed by atoms with van der Waals surface area (Å²) in [6.45, 7) is 7.05. The first-order valence-electron chi connectivity index (χ1n) is 10.2. The number of halogens is 1. The van der Waals surface area contributed by atoms with Gasteiger partial charge >= 0.3 is 0 Å². The Morgan fingerprint density at radius 3 is 2.33 bits per heavy atom. The summed E-state index contributed by atoms with van der Waals surface area (Å²) in [6, 6.07) is 13.6. The monoisotopic (exact) mass is 414 g/mol. The Labute approximate surface area is 177 Å². The second kappa shape index (κ2) is 11.8. The molecule has 0 aromatic heterocycles. The van der Waals surface area contributed by atoms with E-state index in [1.165, 1.54) is 12.1 Å². The molecule has 2 unspecified atom stereocenters. The van der Waals surface area contributed by atoms with Crippen molar-refractivity contribution >= 4 is 11.9 Å². The third-order valence-electron chi connectivity index (χ3n) is 4.60. The summed E-state index contributed by atoms with van der Waals surface area (Å²) >= 11 is 0. The summed E-state index contributed by atoms with van der Waals surface area (Å²) in [6.07, 6.45) is 0.769. The summed E-state index contributed by atoms with van der Waals surface area (Å²) in [4.78, 5) is 16.4. The van der Waals surface area contributed by atoms with E-state index in [1.807, 2.05) is 45.0 Å². The van der Waals surface area contributed by atoms with Gasteiger partial charge in [-0.2, -0.15) is 0 Å². The summed E-state index contributed by atoms with van der Waals surface area (Å²) < 4.78 is 18.7. The highest BCUT2D eigenvalue weighted by Gasteiger charge is 2.09. The van der Waals surface area contributed by atoms with Crippen LogP contribution in [0, 0.1) is 5.82 Å². The van der Waals surface area contributed by atoms with Crippen molar-refractivity contribution in [1.29, 1.82) is 0 Å². The van der Waals surface area contributed by atoms with E-state index in [0.717, 1.165) is 12.0 Å². The van der Waals surface area contributed by atoms with Gasteiger partial charge in [0.2, 0.25) is 0 Å². The van der Waals surface area contributed by atoms with Crippen LogP contribution in [0.2, 0.25) is 0 Å². The number of amides is 1. The number of benzene rings is 2. The number of guanidine groups is 1. The highest BCUT2D eigenvalue weighted by atomic mass is 19.1. The fourth-order valence-electron chi connectivity index (χ4n) is 2.62. The highest BCUT2D eigenvalue weighted by Crippen LogP contribution is 2.12. The molecular weight excluding hydrogens is 383 g/mol. The largest absolute Gasteiger partial charge is 0.489 e. The zero-order valence-electron chi connectivity index (χ0n) is 18.0. The maximum absolute atomic E-state index is 13.0. The van der Waals surface area contributed by atoms with Gasteiger partial charge in [0.1, 0.15) is 17.7 Å². The molecule has 0 bridgehead atoms. The van der Waals surface area contributed by atoms with Crippen molar-refractivity contribution in [3.63, 3.8) is 0 Å². The Balaban J connectivity index is 1.78. The standard InChI is InChI=1S/C23H31FN4O2/c1-5-16(2)28-22(29)19-8-6-18(7-9-19)15-27-23(25-4)26-14-17(3)30-21-12-10-20(24)11-13-21/h6-13,16-17H,5,14-15H2,1-4H3,(H,28,29)(H2,25,26,27). The molecule has 0 aliphatic carbocycles. The second-order valence-corrected chi connectivity index (χ2v) is 7.17. The summed E-state index contributed by atoms with van der Waals surface area (Å²) in [5, 5.41) is 9.40. The molecule has 0 radical (unpaired) electrons. The van der Waals surface area contributed by atoms with Crippen LogP contribution in [0.1, 0.15) is 43.1 Å². The lowest BCUT2D eigenvalue weighted by Crippen LogP contribution is -2.41. The van der Waals surface area contributed by atoms with Gasteiger partial charge in [0.25, 0.3) is 5.91 Å². The Morgan fingerprint density at radius 2 is 1.73 bits per heavy atom. The van der Waals surface area contributed by atoms with E-state index in [0.29, 0.717) is 30.4 Å². The minimum absolute atomic E-state index is 0.0588. The molecule has 1 amide bonds. The number of aliphatic imine (C=N–C) groups is 1. The lowest BCUT2D eigenvalue weighted by molar-refractivity contribution is 0.0939. The molecule has 0 fully saturated rings. The van der Waals surface area contributed by atoms with Crippen molar-refractivity contribution in [3.05, 3.63) is 65.5 Å². The Bertz CT molecular complexity index is 822. The van der Waals surface area contributed by atoms with Crippen molar-refractivity contribution in [3.8, 4) is 5.75 Å². The molecule has 0 heterocycles. The lowest BCUT2D eigenvalue weighted by Gasteiger charge is -2.18. The van der Waals surface area contributed by atoms with Crippen LogP contribution in [-0.2, 0) is 6.54 Å². The van der Waals surface area contributed by atoms with Gasteiger partial charge in [0.05, 0.1) is 6.54 Å². The Hall–Kier alpha value is -3.09. The van der Waals surface area contributed by atoms with Crippen molar-refractivity contribution < 1.29 is 13.9 Å². The molecule has 7 heteroatoms. The van der Waals surface area contributed by atoms with E-state index in [-0.39, 0.29) is 23.9 Å². The van der Waals surface area contributed by atoms with Crippen LogP contribution in [-0.4, -0.2) is 37.6 Å². The smallest absolute Gasteiger partial charge is 0.251 e. The van der Waals surface area contributed by atoms with Gasteiger partial charge in [-0.15, -0.1) is 0 Å². The molecule has 2 atom stereocenters. The molecule has 0 aliphatic heterocycles. The number of carbonyl (C=O) groups excluding carboxylic acids is 1. The number of ether oxygens (including phenoxy) is 1. The summed E-state index contributed by atoms with van der Waals surface area (Å²) in [5.74, 6) is 0.910. The Kier molecular flexibility index (Phi) is 9.12. The number of nitrogens with one attached hydrogen (secondary N) is 3. The van der Waals surface area contributed by atoms with Gasteiger partial charge in [-0.25, -0.2) is 4.39 Å². The van der Waals surface area contributed by atoms with Gasteiger partial charge in [0.15, 0.2) is 5.96 Å². The molecule has 162 valence electrons. The minimum Gasteiger partial charge on any atom is -0.489 e. The third kappa shape index (κ3) is 7.73. The summed E-state index contributed by atoms with van der Waals surface area (Å²) in [7, 11) is 1.70. The molecular formula is C23H31FN4O2. The van der Waals surface area contributed by atoms with Gasteiger partial charge in [0, 0.05) is 25.2 Å². The summed E-state index contributed by atoms with van der Waals surface area (Å²) in [5.41, 5.74) is 1.68. The van der Waals surface area contributed by atoms with Crippen LogP contribution >= 0.6 is 0 Å². The molecule has 30 heavy (non-hydrogen) atoms. The lowest BCUT2D eigenvalue weighted by atomic mass is 10.1. The fourth-order valence-corrected chi connectivity index (χ4v) is 2.62. The Morgan fingerprint density at radius 1 is 1.07 bits per heavy atom. The number of carbonyl (C=O) groups is 1. The van der Waals surface area contributed by atoms with E-state index in [2.05, 4.69) is 20.9 Å². The molecule has 0 spiro atoms. The van der Waals surface area contributed by atoms with Crippen LogP contribution in [0.3, 0.4) is 0 Å². The molecule has 2 aromatic rings. The van der Waals surface area contributed by atoms with Crippen LogP contribution in [0.5, 0.6) is 5.75 Å². The van der Waals surface area contributed by atoms with Crippen molar-refractivity contribution in [1.82, 2.24) is 16.0 Å². The molecule has 2 aromatic carbocycles. The van der Waals surface area contributed by atoms with E-state index in [4.69, 9.17) is 4.74 Å². The molecule has 6 nitrogen and oxygen atoms in total. The second-order valence-electron chi connectivity index (χ2n) is 7.17. The molecule has 0 aliphatic rings. The van der Waals surface area contributed by atoms with Crippen LogP contribution in [0.15, 0.2) is 53.5 Å². The van der Waals surface area contributed by atoms with E-state index >= 15 is 0 Å². The molecule has 3 N–H and O–H groups in total. The van der Waals surface area contributed by atoms with Crippen LogP contribution in [0.25, 0.3) is 0 Å². The van der Waals surface area contributed by atoms with E-state index < -0.39 is 0 Å².